The van der Waals surface area contributed by atoms with Gasteiger partial charge in [-0.05, 0) is 41.8 Å². The van der Waals surface area contributed by atoms with Crippen molar-refractivity contribution >= 4 is 23.5 Å². The maximum atomic E-state index is 12.3. The quantitative estimate of drug-likeness (QED) is 0.607. The Bertz CT molecular complexity index is 1090. The van der Waals surface area contributed by atoms with Gasteiger partial charge in [-0.2, -0.15) is 10.1 Å². The van der Waals surface area contributed by atoms with Crippen molar-refractivity contribution in [3.63, 3.8) is 0 Å². The highest BCUT2D eigenvalue weighted by Gasteiger charge is 2.28. The molecule has 0 bridgehead atoms. The summed E-state index contributed by atoms with van der Waals surface area (Å²) in [4.78, 5) is 28.3. The first-order valence-corrected chi connectivity index (χ1v) is 9.96. The molecule has 2 amide bonds. The zero-order chi connectivity index (χ0) is 21.8. The summed E-state index contributed by atoms with van der Waals surface area (Å²) in [6, 6.07) is 12.7. The van der Waals surface area contributed by atoms with Gasteiger partial charge in [0.05, 0.1) is 19.6 Å². The zero-order valence-electron chi connectivity index (χ0n) is 17.3. The second-order valence-corrected chi connectivity index (χ2v) is 7.09. The van der Waals surface area contributed by atoms with Gasteiger partial charge in [0.2, 0.25) is 11.9 Å². The summed E-state index contributed by atoms with van der Waals surface area (Å²) in [5.41, 5.74) is 2.74. The molecule has 1 atom stereocenters. The Morgan fingerprint density at radius 3 is 2.77 bits per heavy atom. The molecule has 1 aromatic heterocycles. The lowest BCUT2D eigenvalue weighted by molar-refractivity contribution is -0.118. The Hall–Kier alpha value is -3.88. The van der Waals surface area contributed by atoms with E-state index in [1.807, 2.05) is 30.3 Å². The van der Waals surface area contributed by atoms with Gasteiger partial charge in [-0.1, -0.05) is 25.1 Å². The van der Waals surface area contributed by atoms with Crippen LogP contribution in [0.15, 0.2) is 48.8 Å². The molecule has 0 fully saturated rings. The topological polar surface area (TPSA) is 107 Å². The van der Waals surface area contributed by atoms with E-state index in [-0.39, 0.29) is 30.9 Å². The number of methoxy groups -OCH3 is 1. The van der Waals surface area contributed by atoms with E-state index in [1.54, 1.807) is 16.8 Å². The molecule has 2 N–H and O–H groups in total. The number of amides is 2. The van der Waals surface area contributed by atoms with Crippen LogP contribution in [0, 0.1) is 0 Å². The van der Waals surface area contributed by atoms with Crippen LogP contribution in [0.25, 0.3) is 0 Å². The van der Waals surface area contributed by atoms with Crippen molar-refractivity contribution in [2.45, 2.75) is 25.8 Å². The van der Waals surface area contributed by atoms with Gasteiger partial charge >= 0.3 is 0 Å². The largest absolute Gasteiger partial charge is 0.493 e. The van der Waals surface area contributed by atoms with Gasteiger partial charge in [0.25, 0.3) is 5.91 Å². The van der Waals surface area contributed by atoms with Crippen LogP contribution in [0.1, 0.15) is 30.5 Å². The van der Waals surface area contributed by atoms with Crippen LogP contribution in [-0.4, -0.2) is 40.3 Å². The highest BCUT2D eigenvalue weighted by atomic mass is 16.5. The molecular weight excluding hydrogens is 398 g/mol. The van der Waals surface area contributed by atoms with Crippen molar-refractivity contribution < 1.29 is 19.1 Å². The number of fused-ring (bicyclic) bond motifs is 1. The third-order valence-corrected chi connectivity index (χ3v) is 5.08. The first-order valence-electron chi connectivity index (χ1n) is 9.96. The first-order chi connectivity index (χ1) is 15.1. The number of nitrogens with zero attached hydrogens (tertiary/aromatic N) is 3. The summed E-state index contributed by atoms with van der Waals surface area (Å²) in [5.74, 6) is 0.899. The zero-order valence-corrected chi connectivity index (χ0v) is 17.3. The van der Waals surface area contributed by atoms with E-state index < -0.39 is 0 Å². The SMILES string of the molecule is CCc1ccc(NC(=O)COc2ccc([C@H]3CC(=O)Nc4ncnn43)cc2OC)cc1. The summed E-state index contributed by atoms with van der Waals surface area (Å²) in [6.45, 7) is 1.91. The number of carbonyl (C=O) groups is 2. The normalized spacial score (nSPS) is 15.0. The average Bonchev–Trinajstić information content (AvgIpc) is 3.26. The monoisotopic (exact) mass is 421 g/mol. The van der Waals surface area contributed by atoms with Crippen LogP contribution < -0.4 is 20.1 Å². The van der Waals surface area contributed by atoms with Gasteiger partial charge in [-0.3, -0.25) is 14.9 Å². The molecule has 0 aliphatic carbocycles. The van der Waals surface area contributed by atoms with E-state index in [0.717, 1.165) is 12.0 Å². The lowest BCUT2D eigenvalue weighted by Gasteiger charge is -2.24. The number of benzene rings is 2. The molecule has 4 rings (SSSR count). The molecule has 31 heavy (non-hydrogen) atoms. The number of anilines is 2. The third-order valence-electron chi connectivity index (χ3n) is 5.08. The predicted octanol–water partition coefficient (Wildman–Crippen LogP) is 2.80. The van der Waals surface area contributed by atoms with Crippen molar-refractivity contribution in [3.8, 4) is 11.5 Å². The fourth-order valence-electron chi connectivity index (χ4n) is 3.44. The van der Waals surface area contributed by atoms with E-state index in [4.69, 9.17) is 9.47 Å². The molecule has 9 heteroatoms. The molecule has 3 aromatic rings. The number of rotatable bonds is 7. The van der Waals surface area contributed by atoms with Crippen molar-refractivity contribution in [1.29, 1.82) is 0 Å². The van der Waals surface area contributed by atoms with Crippen LogP contribution in [0.5, 0.6) is 11.5 Å². The second-order valence-electron chi connectivity index (χ2n) is 7.09. The van der Waals surface area contributed by atoms with Crippen molar-refractivity contribution in [2.75, 3.05) is 24.4 Å². The summed E-state index contributed by atoms with van der Waals surface area (Å²) in [7, 11) is 1.52. The minimum atomic E-state index is -0.302. The van der Waals surface area contributed by atoms with E-state index >= 15 is 0 Å². The Morgan fingerprint density at radius 1 is 1.23 bits per heavy atom. The highest BCUT2D eigenvalue weighted by molar-refractivity contribution is 5.92. The smallest absolute Gasteiger partial charge is 0.262 e. The fourth-order valence-corrected chi connectivity index (χ4v) is 3.44. The summed E-state index contributed by atoms with van der Waals surface area (Å²) >= 11 is 0. The average molecular weight is 421 g/mol. The summed E-state index contributed by atoms with van der Waals surface area (Å²) in [6.07, 6.45) is 2.58. The van der Waals surface area contributed by atoms with E-state index in [1.165, 1.54) is 19.0 Å². The fraction of sp³-hybridized carbons (Fsp3) is 0.273. The van der Waals surface area contributed by atoms with Gasteiger partial charge in [-0.15, -0.1) is 0 Å². The number of hydrogen-bond donors (Lipinski definition) is 2. The third kappa shape index (κ3) is 4.50. The molecule has 2 aromatic carbocycles. The Balaban J connectivity index is 1.44. The van der Waals surface area contributed by atoms with Crippen molar-refractivity contribution in [3.05, 3.63) is 59.9 Å². The van der Waals surface area contributed by atoms with Crippen molar-refractivity contribution in [1.82, 2.24) is 14.8 Å². The molecule has 9 nitrogen and oxygen atoms in total. The number of nitrogens with one attached hydrogen (secondary N) is 2. The summed E-state index contributed by atoms with van der Waals surface area (Å²) in [5, 5.41) is 9.70. The van der Waals surface area contributed by atoms with Gasteiger partial charge in [-0.25, -0.2) is 4.68 Å². The molecule has 0 spiro atoms. The molecule has 0 saturated heterocycles. The minimum Gasteiger partial charge on any atom is -0.493 e. The van der Waals surface area contributed by atoms with E-state index in [2.05, 4.69) is 27.6 Å². The lowest BCUT2D eigenvalue weighted by Crippen LogP contribution is -2.29. The molecule has 160 valence electrons. The number of aromatic nitrogens is 3. The van der Waals surface area contributed by atoms with Crippen LogP contribution in [0.2, 0.25) is 0 Å². The number of aryl methyl sites for hydroxylation is 1. The molecule has 0 saturated carbocycles. The molecule has 0 radical (unpaired) electrons. The Morgan fingerprint density at radius 2 is 2.03 bits per heavy atom. The maximum Gasteiger partial charge on any atom is 0.262 e. The number of ether oxygens (including phenoxy) is 2. The van der Waals surface area contributed by atoms with Gasteiger partial charge < -0.3 is 14.8 Å². The van der Waals surface area contributed by atoms with Crippen LogP contribution in [-0.2, 0) is 16.0 Å². The van der Waals surface area contributed by atoms with E-state index in [0.29, 0.717) is 23.1 Å². The Kier molecular flexibility index (Phi) is 5.83. The van der Waals surface area contributed by atoms with Crippen LogP contribution in [0.4, 0.5) is 11.6 Å². The van der Waals surface area contributed by atoms with Crippen LogP contribution in [0.3, 0.4) is 0 Å². The highest BCUT2D eigenvalue weighted by Crippen LogP contribution is 2.34. The van der Waals surface area contributed by atoms with Gasteiger partial charge in [0, 0.05) is 5.69 Å². The molecule has 1 aliphatic rings. The number of carbonyl (C=O) groups excluding carboxylic acids is 2. The molecular formula is C22H23N5O4. The predicted molar refractivity (Wildman–Crippen MR) is 114 cm³/mol. The maximum absolute atomic E-state index is 12.3. The second kappa shape index (κ2) is 8.86. The summed E-state index contributed by atoms with van der Waals surface area (Å²) < 4.78 is 12.8. The van der Waals surface area contributed by atoms with Crippen LogP contribution >= 0.6 is 0 Å². The van der Waals surface area contributed by atoms with Crippen molar-refractivity contribution in [2.24, 2.45) is 0 Å². The Labute approximate surface area is 179 Å². The van der Waals surface area contributed by atoms with E-state index in [9.17, 15) is 9.59 Å². The first kappa shape index (κ1) is 20.4. The number of hydrogen-bond acceptors (Lipinski definition) is 6. The lowest BCUT2D eigenvalue weighted by atomic mass is 10.0. The minimum absolute atomic E-state index is 0.131. The molecule has 0 unspecified atom stereocenters. The molecule has 2 heterocycles. The standard InChI is InChI=1S/C22H23N5O4/c1-3-14-4-7-16(8-5-14)25-21(29)12-31-18-9-6-15(10-19(18)30-2)17-11-20(28)26-22-23-13-24-27(17)22/h4-10,13,17H,3,11-12H2,1-2H3,(H,25,29)(H,23,24,26,28)/t17-/m1/s1. The van der Waals surface area contributed by atoms with Gasteiger partial charge in [0.15, 0.2) is 18.1 Å². The van der Waals surface area contributed by atoms with Gasteiger partial charge in [0.1, 0.15) is 6.33 Å². The molecule has 1 aliphatic heterocycles.